The van der Waals surface area contributed by atoms with Gasteiger partial charge in [-0.3, -0.25) is 4.79 Å². The van der Waals surface area contributed by atoms with Crippen molar-refractivity contribution in [2.75, 3.05) is 19.6 Å². The standard InChI is InChI=1S/C23H32N2O4/c1-22(2,3)29-21(27)24-15-16-10-12-25(13-11-16)20(26)23(4,5)19-14-17-8-6-7-9-18(17)28-19/h6-9,14,16H,10-13,15H2,1-5H3,(H,24,27). The van der Waals surface area contributed by atoms with Gasteiger partial charge in [0.25, 0.3) is 0 Å². The highest BCUT2D eigenvalue weighted by atomic mass is 16.6. The van der Waals surface area contributed by atoms with E-state index in [4.69, 9.17) is 9.15 Å². The molecule has 0 saturated carbocycles. The second-order valence-electron chi connectivity index (χ2n) is 9.39. The summed E-state index contributed by atoms with van der Waals surface area (Å²) >= 11 is 0. The Hall–Kier alpha value is -2.50. The summed E-state index contributed by atoms with van der Waals surface area (Å²) in [6.07, 6.45) is 1.33. The fourth-order valence-corrected chi connectivity index (χ4v) is 3.67. The van der Waals surface area contributed by atoms with Gasteiger partial charge in [0.15, 0.2) is 0 Å². The van der Waals surface area contributed by atoms with E-state index in [0.29, 0.717) is 31.3 Å². The summed E-state index contributed by atoms with van der Waals surface area (Å²) in [7, 11) is 0. The van der Waals surface area contributed by atoms with E-state index < -0.39 is 11.0 Å². The SMILES string of the molecule is CC(C)(C)OC(=O)NCC1CCN(C(=O)C(C)(C)c2cc3ccccc3o2)CC1. The second-order valence-corrected chi connectivity index (χ2v) is 9.39. The number of para-hydroxylation sites is 1. The highest BCUT2D eigenvalue weighted by molar-refractivity contribution is 5.89. The van der Waals surface area contributed by atoms with Crippen LogP contribution in [-0.4, -0.2) is 42.1 Å². The third kappa shape index (κ3) is 5.11. The number of furan rings is 1. The maximum absolute atomic E-state index is 13.2. The predicted octanol–water partition coefficient (Wildman–Crippen LogP) is 4.47. The summed E-state index contributed by atoms with van der Waals surface area (Å²) in [5.41, 5.74) is -0.418. The minimum atomic E-state index is -0.722. The third-order valence-electron chi connectivity index (χ3n) is 5.41. The highest BCUT2D eigenvalue weighted by Crippen LogP contribution is 2.32. The Kier molecular flexibility index (Phi) is 5.92. The van der Waals surface area contributed by atoms with Gasteiger partial charge < -0.3 is 19.4 Å². The lowest BCUT2D eigenvalue weighted by Gasteiger charge is -2.36. The molecule has 2 aromatic rings. The van der Waals surface area contributed by atoms with Crippen LogP contribution in [-0.2, 0) is 14.9 Å². The maximum atomic E-state index is 13.2. The highest BCUT2D eigenvalue weighted by Gasteiger charge is 2.38. The summed E-state index contributed by atoms with van der Waals surface area (Å²) in [4.78, 5) is 26.9. The van der Waals surface area contributed by atoms with Crippen LogP contribution in [0.5, 0.6) is 0 Å². The van der Waals surface area contributed by atoms with E-state index in [9.17, 15) is 9.59 Å². The number of hydrogen-bond donors (Lipinski definition) is 1. The molecule has 1 fully saturated rings. The summed E-state index contributed by atoms with van der Waals surface area (Å²) in [6, 6.07) is 9.77. The van der Waals surface area contributed by atoms with Crippen LogP contribution in [0, 0.1) is 5.92 Å². The summed E-state index contributed by atoms with van der Waals surface area (Å²) in [5.74, 6) is 1.12. The van der Waals surface area contributed by atoms with Crippen molar-refractivity contribution in [3.63, 3.8) is 0 Å². The summed E-state index contributed by atoms with van der Waals surface area (Å²) in [6.45, 7) is 11.3. The van der Waals surface area contributed by atoms with Crippen LogP contribution in [0.25, 0.3) is 11.0 Å². The number of fused-ring (bicyclic) bond motifs is 1. The molecule has 0 bridgehead atoms. The van der Waals surface area contributed by atoms with Crippen molar-refractivity contribution >= 4 is 23.0 Å². The van der Waals surface area contributed by atoms with Gasteiger partial charge in [0.2, 0.25) is 5.91 Å². The minimum absolute atomic E-state index is 0.0788. The lowest BCUT2D eigenvalue weighted by molar-refractivity contribution is -0.138. The molecule has 1 aliphatic heterocycles. The van der Waals surface area contributed by atoms with E-state index in [0.717, 1.165) is 23.8 Å². The zero-order valence-corrected chi connectivity index (χ0v) is 18.1. The van der Waals surface area contributed by atoms with Crippen LogP contribution in [0.2, 0.25) is 0 Å². The zero-order chi connectivity index (χ0) is 21.2. The Morgan fingerprint density at radius 3 is 2.41 bits per heavy atom. The molecule has 0 aliphatic carbocycles. The molecule has 6 heteroatoms. The molecule has 1 N–H and O–H groups in total. The van der Waals surface area contributed by atoms with Gasteiger partial charge in [-0.15, -0.1) is 0 Å². The van der Waals surface area contributed by atoms with Crippen LogP contribution in [0.4, 0.5) is 4.79 Å². The van der Waals surface area contributed by atoms with Gasteiger partial charge in [-0.25, -0.2) is 4.79 Å². The lowest BCUT2D eigenvalue weighted by atomic mass is 9.86. The molecule has 3 rings (SSSR count). The Morgan fingerprint density at radius 1 is 1.14 bits per heavy atom. The van der Waals surface area contributed by atoms with E-state index >= 15 is 0 Å². The molecule has 6 nitrogen and oxygen atoms in total. The molecular formula is C23H32N2O4. The van der Waals surface area contributed by atoms with Crippen molar-refractivity contribution in [1.82, 2.24) is 10.2 Å². The molecule has 0 atom stereocenters. The molecular weight excluding hydrogens is 368 g/mol. The first-order valence-electron chi connectivity index (χ1n) is 10.3. The first-order valence-corrected chi connectivity index (χ1v) is 10.3. The number of carbonyl (C=O) groups is 2. The van der Waals surface area contributed by atoms with Crippen molar-refractivity contribution in [2.45, 2.75) is 58.5 Å². The first kappa shape index (κ1) is 21.2. The third-order valence-corrected chi connectivity index (χ3v) is 5.41. The number of rotatable bonds is 4. The van der Waals surface area contributed by atoms with Crippen LogP contribution < -0.4 is 5.32 Å². The van der Waals surface area contributed by atoms with Crippen LogP contribution >= 0.6 is 0 Å². The number of ether oxygens (including phenoxy) is 1. The van der Waals surface area contributed by atoms with Gasteiger partial charge in [0.05, 0.1) is 0 Å². The van der Waals surface area contributed by atoms with E-state index in [-0.39, 0.29) is 12.0 Å². The number of nitrogens with zero attached hydrogens (tertiary/aromatic N) is 1. The van der Waals surface area contributed by atoms with Gasteiger partial charge in [-0.05, 0) is 65.5 Å². The van der Waals surface area contributed by atoms with Gasteiger partial charge in [0.1, 0.15) is 22.4 Å². The summed E-state index contributed by atoms with van der Waals surface area (Å²) < 4.78 is 11.2. The van der Waals surface area contributed by atoms with E-state index in [2.05, 4.69) is 5.32 Å². The number of benzene rings is 1. The van der Waals surface area contributed by atoms with Gasteiger partial charge in [-0.1, -0.05) is 18.2 Å². The quantitative estimate of drug-likeness (QED) is 0.822. The van der Waals surface area contributed by atoms with Crippen molar-refractivity contribution in [2.24, 2.45) is 5.92 Å². The van der Waals surface area contributed by atoms with E-state index in [1.54, 1.807) is 0 Å². The zero-order valence-electron chi connectivity index (χ0n) is 18.1. The van der Waals surface area contributed by atoms with E-state index in [1.807, 2.05) is 69.9 Å². The Bertz CT molecular complexity index is 837. The van der Waals surface area contributed by atoms with E-state index in [1.165, 1.54) is 0 Å². The smallest absolute Gasteiger partial charge is 0.407 e. The van der Waals surface area contributed by atoms with Crippen molar-refractivity contribution in [1.29, 1.82) is 0 Å². The van der Waals surface area contributed by atoms with Crippen molar-refractivity contribution < 1.29 is 18.7 Å². The minimum Gasteiger partial charge on any atom is -0.460 e. The molecule has 0 radical (unpaired) electrons. The van der Waals surface area contributed by atoms with Gasteiger partial charge in [0, 0.05) is 25.0 Å². The molecule has 0 unspecified atom stereocenters. The van der Waals surface area contributed by atoms with Gasteiger partial charge >= 0.3 is 6.09 Å². The Balaban J connectivity index is 1.54. The molecule has 2 heterocycles. The normalized spacial score (nSPS) is 16.1. The van der Waals surface area contributed by atoms with Crippen LogP contribution in [0.1, 0.15) is 53.2 Å². The molecule has 29 heavy (non-hydrogen) atoms. The van der Waals surface area contributed by atoms with Crippen molar-refractivity contribution in [3.8, 4) is 0 Å². The number of carbonyl (C=O) groups excluding carboxylic acids is 2. The average molecular weight is 401 g/mol. The predicted molar refractivity (Wildman–Crippen MR) is 113 cm³/mol. The topological polar surface area (TPSA) is 71.8 Å². The molecule has 1 aliphatic rings. The molecule has 0 spiro atoms. The largest absolute Gasteiger partial charge is 0.460 e. The van der Waals surface area contributed by atoms with Crippen LogP contribution in [0.15, 0.2) is 34.7 Å². The number of likely N-dealkylation sites (tertiary alicyclic amines) is 1. The molecule has 1 saturated heterocycles. The second kappa shape index (κ2) is 8.09. The number of alkyl carbamates (subject to hydrolysis) is 1. The molecule has 158 valence electrons. The van der Waals surface area contributed by atoms with Gasteiger partial charge in [-0.2, -0.15) is 0 Å². The molecule has 1 aromatic carbocycles. The number of hydrogen-bond acceptors (Lipinski definition) is 4. The average Bonchev–Trinajstić information content (AvgIpc) is 3.10. The number of nitrogens with one attached hydrogen (secondary N) is 1. The number of piperidine rings is 1. The van der Waals surface area contributed by atoms with Crippen molar-refractivity contribution in [3.05, 3.63) is 36.1 Å². The fourth-order valence-electron chi connectivity index (χ4n) is 3.67. The number of amides is 2. The fraction of sp³-hybridized carbons (Fsp3) is 0.565. The molecule has 1 aromatic heterocycles. The monoisotopic (exact) mass is 400 g/mol. The maximum Gasteiger partial charge on any atom is 0.407 e. The molecule has 2 amide bonds. The first-order chi connectivity index (χ1) is 13.6. The Labute approximate surface area is 172 Å². The lowest BCUT2D eigenvalue weighted by Crippen LogP contribution is -2.48. The Morgan fingerprint density at radius 2 is 1.79 bits per heavy atom. The summed E-state index contributed by atoms with van der Waals surface area (Å²) in [5, 5.41) is 3.85. The van der Waals surface area contributed by atoms with Crippen LogP contribution in [0.3, 0.4) is 0 Å².